The number of benzene rings is 1. The van der Waals surface area contributed by atoms with E-state index >= 15 is 0 Å². The van der Waals surface area contributed by atoms with Crippen LogP contribution in [0.1, 0.15) is 38.2 Å². The lowest BCUT2D eigenvalue weighted by Crippen LogP contribution is -2.39. The molecule has 1 saturated heterocycles. The maximum Gasteiger partial charge on any atom is 0.308 e. The Labute approximate surface area is 137 Å². The number of rotatable bonds is 7. The first kappa shape index (κ1) is 17.7. The van der Waals surface area contributed by atoms with Gasteiger partial charge in [0, 0.05) is 19.6 Å². The third kappa shape index (κ3) is 4.93. The van der Waals surface area contributed by atoms with E-state index in [4.69, 9.17) is 0 Å². The Hall–Kier alpha value is -1.62. The van der Waals surface area contributed by atoms with Gasteiger partial charge in [0.05, 0.1) is 11.6 Å². The zero-order chi connectivity index (χ0) is 16.8. The van der Waals surface area contributed by atoms with Crippen molar-refractivity contribution >= 4 is 11.7 Å². The molecule has 1 aliphatic rings. The summed E-state index contributed by atoms with van der Waals surface area (Å²) in [5, 5.41) is 9.20. The molecule has 4 nitrogen and oxygen atoms in total. The Kier molecular flexibility index (Phi) is 6.39. The normalized spacial score (nSPS) is 18.4. The quantitative estimate of drug-likeness (QED) is 0.836. The molecule has 0 amide bonds. The van der Waals surface area contributed by atoms with Crippen LogP contribution in [0.15, 0.2) is 18.2 Å². The number of piperidine rings is 1. The van der Waals surface area contributed by atoms with Gasteiger partial charge in [-0.2, -0.15) is 0 Å². The highest BCUT2D eigenvalue weighted by atomic mass is 19.1. The maximum atomic E-state index is 14.2. The van der Waals surface area contributed by atoms with Crippen molar-refractivity contribution in [3.05, 3.63) is 29.6 Å². The smallest absolute Gasteiger partial charge is 0.308 e. The monoisotopic (exact) mass is 322 g/mol. The van der Waals surface area contributed by atoms with E-state index in [2.05, 4.69) is 18.9 Å². The Balaban J connectivity index is 2.09. The Morgan fingerprint density at radius 2 is 2.26 bits per heavy atom. The molecule has 1 aromatic carbocycles. The van der Waals surface area contributed by atoms with Gasteiger partial charge in [0.15, 0.2) is 0 Å². The number of hydrogen-bond acceptors (Lipinski definition) is 3. The summed E-state index contributed by atoms with van der Waals surface area (Å²) in [5.74, 6) is -1.46. The van der Waals surface area contributed by atoms with Crippen molar-refractivity contribution in [1.82, 2.24) is 4.90 Å². The second-order valence-corrected chi connectivity index (χ2v) is 6.50. The summed E-state index contributed by atoms with van der Waals surface area (Å²) in [5.41, 5.74) is 1.61. The number of anilines is 1. The first-order valence-electron chi connectivity index (χ1n) is 8.46. The second kappa shape index (κ2) is 8.29. The summed E-state index contributed by atoms with van der Waals surface area (Å²) in [4.78, 5) is 15.3. The third-order valence-electron chi connectivity index (χ3n) is 4.47. The van der Waals surface area contributed by atoms with Gasteiger partial charge in [-0.15, -0.1) is 0 Å². The van der Waals surface area contributed by atoms with E-state index in [1.54, 1.807) is 0 Å². The summed E-state index contributed by atoms with van der Waals surface area (Å²) >= 11 is 0. The average molecular weight is 322 g/mol. The molecule has 0 aromatic heterocycles. The lowest BCUT2D eigenvalue weighted by atomic mass is 9.97. The molecule has 0 aliphatic carbocycles. The number of carbonyl (C=O) groups is 1. The van der Waals surface area contributed by atoms with E-state index < -0.39 is 11.9 Å². The summed E-state index contributed by atoms with van der Waals surface area (Å²) in [7, 11) is 2.07. The van der Waals surface area contributed by atoms with Gasteiger partial charge in [-0.3, -0.25) is 4.79 Å². The molecule has 5 heteroatoms. The summed E-state index contributed by atoms with van der Waals surface area (Å²) in [6, 6.07) is 5.20. The van der Waals surface area contributed by atoms with Gasteiger partial charge in [-0.25, -0.2) is 4.39 Å². The standard InChI is InChI=1S/C18H27FN2O2/c1-3-4-9-20(2)12-14-7-8-16(19)17(11-14)21-10-5-6-15(13-21)18(22)23/h7-8,11,15H,3-6,9-10,12-13H2,1-2H3,(H,22,23). The van der Waals surface area contributed by atoms with Crippen LogP contribution < -0.4 is 4.90 Å². The fourth-order valence-corrected chi connectivity index (χ4v) is 3.12. The summed E-state index contributed by atoms with van der Waals surface area (Å²) in [6.45, 7) is 5.08. The number of nitrogens with zero attached hydrogens (tertiary/aromatic N) is 2. The number of halogens is 1. The highest BCUT2D eigenvalue weighted by molar-refractivity contribution is 5.71. The summed E-state index contributed by atoms with van der Waals surface area (Å²) < 4.78 is 14.2. The first-order chi connectivity index (χ1) is 11.0. The van der Waals surface area contributed by atoms with Gasteiger partial charge in [0.2, 0.25) is 0 Å². The molecule has 1 heterocycles. The minimum atomic E-state index is -0.787. The molecular weight excluding hydrogens is 295 g/mol. The van der Waals surface area contributed by atoms with Crippen molar-refractivity contribution in [3.63, 3.8) is 0 Å². The lowest BCUT2D eigenvalue weighted by molar-refractivity contribution is -0.141. The van der Waals surface area contributed by atoms with Gasteiger partial charge in [0.1, 0.15) is 5.82 Å². The van der Waals surface area contributed by atoms with Crippen molar-refractivity contribution < 1.29 is 14.3 Å². The Bertz CT molecular complexity index is 536. The van der Waals surface area contributed by atoms with Crippen molar-refractivity contribution in [3.8, 4) is 0 Å². The fraction of sp³-hybridized carbons (Fsp3) is 0.611. The van der Waals surface area contributed by atoms with E-state index in [1.165, 1.54) is 6.07 Å². The molecule has 0 spiro atoms. The van der Waals surface area contributed by atoms with Crippen LogP contribution in [0.5, 0.6) is 0 Å². The van der Waals surface area contributed by atoms with Gasteiger partial charge in [-0.05, 0) is 50.6 Å². The van der Waals surface area contributed by atoms with Crippen molar-refractivity contribution in [2.75, 3.05) is 31.6 Å². The molecular formula is C18H27FN2O2. The molecule has 128 valence electrons. The predicted molar refractivity (Wildman–Crippen MR) is 90.2 cm³/mol. The van der Waals surface area contributed by atoms with Gasteiger partial charge in [0.25, 0.3) is 0 Å². The molecule has 1 N–H and O–H groups in total. The minimum Gasteiger partial charge on any atom is -0.481 e. The number of carboxylic acids is 1. The molecule has 0 radical (unpaired) electrons. The first-order valence-corrected chi connectivity index (χ1v) is 8.46. The number of aliphatic carboxylic acids is 1. The van der Waals surface area contributed by atoms with Gasteiger partial charge >= 0.3 is 5.97 Å². The van der Waals surface area contributed by atoms with Gasteiger partial charge < -0.3 is 14.9 Å². The zero-order valence-corrected chi connectivity index (χ0v) is 14.1. The molecule has 1 fully saturated rings. The Morgan fingerprint density at radius 3 is 2.96 bits per heavy atom. The predicted octanol–water partition coefficient (Wildman–Crippen LogP) is 3.36. The Morgan fingerprint density at radius 1 is 1.48 bits per heavy atom. The van der Waals surface area contributed by atoms with Crippen LogP contribution in [0.4, 0.5) is 10.1 Å². The SMILES string of the molecule is CCCCN(C)Cc1ccc(F)c(N2CCCC(C(=O)O)C2)c1. The average Bonchev–Trinajstić information content (AvgIpc) is 2.54. The highest BCUT2D eigenvalue weighted by Crippen LogP contribution is 2.27. The molecule has 2 rings (SSSR count). The molecule has 0 bridgehead atoms. The second-order valence-electron chi connectivity index (χ2n) is 6.50. The molecule has 1 unspecified atom stereocenters. The van der Waals surface area contributed by atoms with Crippen LogP contribution in [-0.4, -0.2) is 42.7 Å². The van der Waals surface area contributed by atoms with Gasteiger partial charge in [-0.1, -0.05) is 19.4 Å². The largest absolute Gasteiger partial charge is 0.481 e. The van der Waals surface area contributed by atoms with Crippen molar-refractivity contribution in [2.45, 2.75) is 39.2 Å². The van der Waals surface area contributed by atoms with Crippen LogP contribution >= 0.6 is 0 Å². The summed E-state index contributed by atoms with van der Waals surface area (Å²) in [6.07, 6.45) is 3.77. The van der Waals surface area contributed by atoms with Crippen LogP contribution in [0, 0.1) is 11.7 Å². The van der Waals surface area contributed by atoms with E-state index in [-0.39, 0.29) is 5.82 Å². The fourth-order valence-electron chi connectivity index (χ4n) is 3.12. The van der Waals surface area contributed by atoms with Crippen LogP contribution in [0.2, 0.25) is 0 Å². The minimum absolute atomic E-state index is 0.268. The van der Waals surface area contributed by atoms with E-state index in [0.29, 0.717) is 18.7 Å². The van der Waals surface area contributed by atoms with Crippen LogP contribution in [-0.2, 0) is 11.3 Å². The maximum absolute atomic E-state index is 14.2. The van der Waals surface area contributed by atoms with Crippen molar-refractivity contribution in [1.29, 1.82) is 0 Å². The highest BCUT2D eigenvalue weighted by Gasteiger charge is 2.26. The van der Waals surface area contributed by atoms with Crippen LogP contribution in [0.25, 0.3) is 0 Å². The van der Waals surface area contributed by atoms with E-state index in [9.17, 15) is 14.3 Å². The molecule has 1 aliphatic heterocycles. The van der Waals surface area contributed by atoms with E-state index in [1.807, 2.05) is 17.0 Å². The number of hydrogen-bond donors (Lipinski definition) is 1. The van der Waals surface area contributed by atoms with Crippen LogP contribution in [0.3, 0.4) is 0 Å². The molecule has 1 aromatic rings. The number of carboxylic acid groups (broad SMARTS) is 1. The number of unbranched alkanes of at least 4 members (excludes halogenated alkanes) is 1. The van der Waals surface area contributed by atoms with Crippen molar-refractivity contribution in [2.24, 2.45) is 5.92 Å². The molecule has 0 saturated carbocycles. The molecule has 1 atom stereocenters. The third-order valence-corrected chi connectivity index (χ3v) is 4.47. The zero-order valence-electron chi connectivity index (χ0n) is 14.1. The topological polar surface area (TPSA) is 43.8 Å². The molecule has 23 heavy (non-hydrogen) atoms. The lowest BCUT2D eigenvalue weighted by Gasteiger charge is -2.33. The van der Waals surface area contributed by atoms with E-state index in [0.717, 1.165) is 44.5 Å².